The minimum atomic E-state index is 0.724. The largest absolute Gasteiger partial charge is 0.420 e. The van der Waals surface area contributed by atoms with Gasteiger partial charge in [-0.05, 0) is 37.0 Å². The second kappa shape index (κ2) is 6.91. The summed E-state index contributed by atoms with van der Waals surface area (Å²) in [5, 5.41) is 0. The van der Waals surface area contributed by atoms with Crippen molar-refractivity contribution >= 4 is 5.88 Å². The van der Waals surface area contributed by atoms with E-state index in [4.69, 9.17) is 9.40 Å². The van der Waals surface area contributed by atoms with Crippen LogP contribution in [0.15, 0.2) is 65.1 Å². The van der Waals surface area contributed by atoms with Crippen LogP contribution in [0.1, 0.15) is 30.5 Å². The van der Waals surface area contributed by atoms with Crippen LogP contribution < -0.4 is 4.90 Å². The van der Waals surface area contributed by atoms with E-state index in [0.717, 1.165) is 42.5 Å². The molecule has 1 saturated heterocycles. The van der Waals surface area contributed by atoms with Crippen molar-refractivity contribution in [2.75, 3.05) is 18.0 Å². The summed E-state index contributed by atoms with van der Waals surface area (Å²) < 4.78 is 6.23. The molecule has 122 valence electrons. The molecule has 0 atom stereocenters. The van der Waals surface area contributed by atoms with E-state index in [1.54, 1.807) is 0 Å². The highest BCUT2D eigenvalue weighted by atomic mass is 16.4. The Morgan fingerprint density at radius 1 is 0.833 bits per heavy atom. The summed E-state index contributed by atoms with van der Waals surface area (Å²) in [6, 6.07) is 20.7. The topological polar surface area (TPSA) is 29.3 Å². The maximum absolute atomic E-state index is 6.23. The van der Waals surface area contributed by atoms with Crippen LogP contribution in [-0.4, -0.2) is 18.1 Å². The van der Waals surface area contributed by atoms with Gasteiger partial charge in [-0.15, -0.1) is 0 Å². The molecule has 0 spiro atoms. The molecule has 3 heteroatoms. The Morgan fingerprint density at radius 3 is 2.21 bits per heavy atom. The normalized spacial score (nSPS) is 14.8. The van der Waals surface area contributed by atoms with Gasteiger partial charge in [0.25, 0.3) is 0 Å². The third-order valence-corrected chi connectivity index (χ3v) is 4.56. The predicted octanol–water partition coefficient (Wildman–Crippen LogP) is 4.92. The van der Waals surface area contributed by atoms with Gasteiger partial charge in [-0.2, -0.15) is 0 Å². The van der Waals surface area contributed by atoms with Crippen molar-refractivity contribution in [3.8, 4) is 11.5 Å². The Labute approximate surface area is 143 Å². The zero-order valence-corrected chi connectivity index (χ0v) is 13.8. The van der Waals surface area contributed by atoms with Crippen molar-refractivity contribution < 1.29 is 4.42 Å². The SMILES string of the molecule is c1ccc(Cc2nc(-c3ccccc3)oc2N2CCCCC2)cc1. The van der Waals surface area contributed by atoms with Crippen LogP contribution in [0.25, 0.3) is 11.5 Å². The third-order valence-electron chi connectivity index (χ3n) is 4.56. The van der Waals surface area contributed by atoms with E-state index in [1.165, 1.54) is 24.8 Å². The molecule has 2 heterocycles. The zero-order valence-electron chi connectivity index (χ0n) is 13.8. The van der Waals surface area contributed by atoms with Crippen molar-refractivity contribution in [3.63, 3.8) is 0 Å². The van der Waals surface area contributed by atoms with Gasteiger partial charge in [0.1, 0.15) is 5.69 Å². The fourth-order valence-electron chi connectivity index (χ4n) is 3.30. The predicted molar refractivity (Wildman–Crippen MR) is 97.3 cm³/mol. The van der Waals surface area contributed by atoms with Gasteiger partial charge in [0.2, 0.25) is 11.8 Å². The summed E-state index contributed by atoms with van der Waals surface area (Å²) in [6.45, 7) is 2.12. The van der Waals surface area contributed by atoms with E-state index in [9.17, 15) is 0 Å². The molecule has 0 N–H and O–H groups in total. The van der Waals surface area contributed by atoms with E-state index in [0.29, 0.717) is 0 Å². The molecule has 0 amide bonds. The minimum absolute atomic E-state index is 0.724. The second-order valence-corrected chi connectivity index (χ2v) is 6.35. The maximum Gasteiger partial charge on any atom is 0.229 e. The van der Waals surface area contributed by atoms with Crippen LogP contribution in [0.4, 0.5) is 5.88 Å². The number of hydrogen-bond acceptors (Lipinski definition) is 3. The molecule has 24 heavy (non-hydrogen) atoms. The molecule has 0 unspecified atom stereocenters. The van der Waals surface area contributed by atoms with Gasteiger partial charge in [0.05, 0.1) is 0 Å². The van der Waals surface area contributed by atoms with Gasteiger partial charge in [-0.25, -0.2) is 4.98 Å². The molecule has 0 saturated carbocycles. The fourth-order valence-corrected chi connectivity index (χ4v) is 3.30. The van der Waals surface area contributed by atoms with Crippen LogP contribution in [0.3, 0.4) is 0 Å². The molecule has 1 aromatic heterocycles. The van der Waals surface area contributed by atoms with Crippen LogP contribution in [0.5, 0.6) is 0 Å². The monoisotopic (exact) mass is 318 g/mol. The van der Waals surface area contributed by atoms with Gasteiger partial charge in [0.15, 0.2) is 0 Å². The van der Waals surface area contributed by atoms with E-state index in [-0.39, 0.29) is 0 Å². The third kappa shape index (κ3) is 3.21. The smallest absolute Gasteiger partial charge is 0.229 e. The van der Waals surface area contributed by atoms with Crippen LogP contribution in [0.2, 0.25) is 0 Å². The highest BCUT2D eigenvalue weighted by molar-refractivity contribution is 5.57. The van der Waals surface area contributed by atoms with Crippen molar-refractivity contribution in [2.24, 2.45) is 0 Å². The minimum Gasteiger partial charge on any atom is -0.420 e. The van der Waals surface area contributed by atoms with Crippen LogP contribution in [-0.2, 0) is 6.42 Å². The molecule has 3 aromatic rings. The first-order valence-corrected chi connectivity index (χ1v) is 8.74. The summed E-state index contributed by atoms with van der Waals surface area (Å²) in [4.78, 5) is 7.20. The van der Waals surface area contributed by atoms with Gasteiger partial charge in [-0.3, -0.25) is 0 Å². The van der Waals surface area contributed by atoms with Crippen LogP contribution in [0, 0.1) is 0 Å². The first-order chi connectivity index (χ1) is 11.9. The van der Waals surface area contributed by atoms with Crippen LogP contribution >= 0.6 is 0 Å². The standard InChI is InChI=1S/C21H22N2O/c1-4-10-17(11-5-1)16-19-21(23-14-8-3-9-15-23)24-20(22-19)18-12-6-2-7-13-18/h1-2,4-7,10-13H,3,8-9,14-16H2. The van der Waals surface area contributed by atoms with Crippen molar-refractivity contribution in [2.45, 2.75) is 25.7 Å². The van der Waals surface area contributed by atoms with E-state index in [1.807, 2.05) is 24.3 Å². The molecule has 0 bridgehead atoms. The Hall–Kier alpha value is -2.55. The van der Waals surface area contributed by atoms with Gasteiger partial charge >= 0.3 is 0 Å². The summed E-state index contributed by atoms with van der Waals surface area (Å²) >= 11 is 0. The molecule has 0 radical (unpaired) electrons. The Balaban J connectivity index is 1.70. The molecule has 0 aliphatic carbocycles. The lowest BCUT2D eigenvalue weighted by atomic mass is 10.1. The van der Waals surface area contributed by atoms with E-state index in [2.05, 4.69) is 41.3 Å². The number of aromatic nitrogens is 1. The van der Waals surface area contributed by atoms with Gasteiger partial charge in [0, 0.05) is 25.1 Å². The van der Waals surface area contributed by atoms with Crippen molar-refractivity contribution in [1.82, 2.24) is 4.98 Å². The van der Waals surface area contributed by atoms with Crippen molar-refractivity contribution in [3.05, 3.63) is 71.9 Å². The van der Waals surface area contributed by atoms with Gasteiger partial charge < -0.3 is 9.32 Å². The number of nitrogens with zero attached hydrogens (tertiary/aromatic N) is 2. The molecule has 2 aromatic carbocycles. The average molecular weight is 318 g/mol. The maximum atomic E-state index is 6.23. The Bertz CT molecular complexity index is 774. The number of piperidine rings is 1. The summed E-state index contributed by atoms with van der Waals surface area (Å²) in [5.74, 6) is 1.68. The highest BCUT2D eigenvalue weighted by Gasteiger charge is 2.22. The number of rotatable bonds is 4. The van der Waals surface area contributed by atoms with Gasteiger partial charge in [-0.1, -0.05) is 48.5 Å². The summed E-state index contributed by atoms with van der Waals surface area (Å²) in [6.07, 6.45) is 4.57. The summed E-state index contributed by atoms with van der Waals surface area (Å²) in [5.41, 5.74) is 3.35. The molecule has 1 aliphatic rings. The Kier molecular flexibility index (Phi) is 4.32. The summed E-state index contributed by atoms with van der Waals surface area (Å²) in [7, 11) is 0. The molecular formula is C21H22N2O. The number of anilines is 1. The number of oxazole rings is 1. The number of benzene rings is 2. The lowest BCUT2D eigenvalue weighted by molar-refractivity contribution is 0.503. The quantitative estimate of drug-likeness (QED) is 0.683. The van der Waals surface area contributed by atoms with Crippen molar-refractivity contribution in [1.29, 1.82) is 0 Å². The average Bonchev–Trinajstić information content (AvgIpc) is 3.08. The van der Waals surface area contributed by atoms with E-state index < -0.39 is 0 Å². The molecule has 3 nitrogen and oxygen atoms in total. The van der Waals surface area contributed by atoms with E-state index >= 15 is 0 Å². The molecule has 1 aliphatic heterocycles. The Morgan fingerprint density at radius 2 is 1.50 bits per heavy atom. The lowest BCUT2D eigenvalue weighted by Gasteiger charge is -2.26. The fraction of sp³-hybridized carbons (Fsp3) is 0.286. The first kappa shape index (κ1) is 15.0. The lowest BCUT2D eigenvalue weighted by Crippen LogP contribution is -2.29. The zero-order chi connectivity index (χ0) is 16.2. The second-order valence-electron chi connectivity index (χ2n) is 6.35. The number of hydrogen-bond donors (Lipinski definition) is 0. The molecule has 1 fully saturated rings. The molecular weight excluding hydrogens is 296 g/mol. The molecule has 4 rings (SSSR count). The first-order valence-electron chi connectivity index (χ1n) is 8.74. The highest BCUT2D eigenvalue weighted by Crippen LogP contribution is 2.31.